The molecular weight excluding hydrogens is 319 g/mol. The van der Waals surface area contributed by atoms with Crippen LogP contribution in [0.1, 0.15) is 11.4 Å². The lowest BCUT2D eigenvalue weighted by atomic mass is 10.2. The largest absolute Gasteiger partial charge is 0.366 e. The molecule has 0 amide bonds. The molecule has 25 heavy (non-hydrogen) atoms. The van der Waals surface area contributed by atoms with E-state index in [1.54, 1.807) is 12.4 Å². The number of halogens is 1. The van der Waals surface area contributed by atoms with Crippen LogP contribution >= 0.6 is 0 Å². The fraction of sp³-hybridized carbons (Fsp3) is 0.368. The van der Waals surface area contributed by atoms with Gasteiger partial charge in [-0.05, 0) is 29.8 Å². The second-order valence-corrected chi connectivity index (χ2v) is 6.49. The zero-order valence-electron chi connectivity index (χ0n) is 14.2. The van der Waals surface area contributed by atoms with Gasteiger partial charge in [-0.1, -0.05) is 12.1 Å². The third kappa shape index (κ3) is 3.41. The molecule has 4 rings (SSSR count). The number of benzene rings is 1. The summed E-state index contributed by atoms with van der Waals surface area (Å²) < 4.78 is 22.2. The first kappa shape index (κ1) is 16.2. The number of para-hydroxylation sites is 2. The van der Waals surface area contributed by atoms with E-state index in [9.17, 15) is 4.39 Å². The molecule has 3 heterocycles. The monoisotopic (exact) mass is 340 g/mol. The average molecular weight is 340 g/mol. The van der Waals surface area contributed by atoms with E-state index in [2.05, 4.69) is 14.9 Å². The van der Waals surface area contributed by atoms with Crippen molar-refractivity contribution in [2.24, 2.45) is 7.05 Å². The van der Waals surface area contributed by atoms with Crippen LogP contribution in [0.4, 0.5) is 4.39 Å². The summed E-state index contributed by atoms with van der Waals surface area (Å²) in [4.78, 5) is 10.7. The van der Waals surface area contributed by atoms with Gasteiger partial charge >= 0.3 is 0 Å². The molecule has 2 atom stereocenters. The van der Waals surface area contributed by atoms with Crippen LogP contribution in [0.2, 0.25) is 0 Å². The first-order valence-electron chi connectivity index (χ1n) is 8.48. The number of likely N-dealkylation sites (tertiary alicyclic amines) is 1. The molecule has 0 bridgehead atoms. The van der Waals surface area contributed by atoms with Gasteiger partial charge in [0.15, 0.2) is 0 Å². The van der Waals surface area contributed by atoms with Crippen molar-refractivity contribution < 1.29 is 9.13 Å². The Bertz CT molecular complexity index is 851. The summed E-state index contributed by atoms with van der Waals surface area (Å²) in [5.41, 5.74) is 3.13. The van der Waals surface area contributed by atoms with Crippen LogP contribution in [0.3, 0.4) is 0 Å². The Labute approximate surface area is 146 Å². The minimum atomic E-state index is -0.975. The fourth-order valence-corrected chi connectivity index (χ4v) is 3.35. The lowest BCUT2D eigenvalue weighted by molar-refractivity contribution is 0.00749. The number of pyridine rings is 1. The normalized spacial score (nSPS) is 21.2. The fourth-order valence-electron chi connectivity index (χ4n) is 3.35. The average Bonchev–Trinajstić information content (AvgIpc) is 3.14. The van der Waals surface area contributed by atoms with Crippen LogP contribution in [0.15, 0.2) is 48.8 Å². The third-order valence-electron chi connectivity index (χ3n) is 4.74. The molecule has 1 fully saturated rings. The van der Waals surface area contributed by atoms with Crippen molar-refractivity contribution in [2.45, 2.75) is 25.4 Å². The Morgan fingerprint density at radius 1 is 1.16 bits per heavy atom. The quantitative estimate of drug-likeness (QED) is 0.716. The molecular formula is C19H21FN4O. The molecule has 0 spiro atoms. The van der Waals surface area contributed by atoms with Crippen LogP contribution in [0, 0.1) is 0 Å². The number of hydrogen-bond donors (Lipinski definition) is 0. The Kier molecular flexibility index (Phi) is 4.46. The van der Waals surface area contributed by atoms with E-state index in [1.807, 2.05) is 48.0 Å². The van der Waals surface area contributed by atoms with Gasteiger partial charge < -0.3 is 9.30 Å². The minimum Gasteiger partial charge on any atom is -0.366 e. The van der Waals surface area contributed by atoms with Crippen molar-refractivity contribution in [3.63, 3.8) is 0 Å². The number of alkyl halides is 1. The number of ether oxygens (including phenoxy) is 1. The highest BCUT2D eigenvalue weighted by Crippen LogP contribution is 2.21. The molecule has 1 aromatic carbocycles. The Morgan fingerprint density at radius 2 is 1.96 bits per heavy atom. The van der Waals surface area contributed by atoms with Gasteiger partial charge in [0.2, 0.25) is 0 Å². The number of aryl methyl sites for hydroxylation is 1. The highest BCUT2D eigenvalue weighted by atomic mass is 19.1. The van der Waals surface area contributed by atoms with E-state index in [0.29, 0.717) is 19.7 Å². The van der Waals surface area contributed by atoms with Crippen molar-refractivity contribution in [1.29, 1.82) is 0 Å². The molecule has 2 aromatic heterocycles. The van der Waals surface area contributed by atoms with Crippen LogP contribution in [0.5, 0.6) is 0 Å². The smallest absolute Gasteiger partial charge is 0.140 e. The topological polar surface area (TPSA) is 43.2 Å². The summed E-state index contributed by atoms with van der Waals surface area (Å²) >= 11 is 0. The summed E-state index contributed by atoms with van der Waals surface area (Å²) in [6.45, 7) is 2.03. The molecule has 130 valence electrons. The van der Waals surface area contributed by atoms with Crippen LogP contribution in [0.25, 0.3) is 11.0 Å². The number of nitrogens with zero attached hydrogens (tertiary/aromatic N) is 4. The second-order valence-electron chi connectivity index (χ2n) is 6.49. The molecule has 2 unspecified atom stereocenters. The summed E-state index contributed by atoms with van der Waals surface area (Å²) in [6.07, 6.45) is 2.13. The molecule has 1 aliphatic rings. The van der Waals surface area contributed by atoms with E-state index >= 15 is 0 Å². The van der Waals surface area contributed by atoms with Crippen molar-refractivity contribution in [3.8, 4) is 0 Å². The lowest BCUT2D eigenvalue weighted by Crippen LogP contribution is -2.25. The van der Waals surface area contributed by atoms with Crippen molar-refractivity contribution in [1.82, 2.24) is 19.4 Å². The molecule has 1 saturated heterocycles. The van der Waals surface area contributed by atoms with Gasteiger partial charge in [0.25, 0.3) is 0 Å². The van der Waals surface area contributed by atoms with E-state index in [0.717, 1.165) is 29.0 Å². The highest BCUT2D eigenvalue weighted by molar-refractivity contribution is 5.75. The molecule has 3 aromatic rings. The number of hydrogen-bond acceptors (Lipinski definition) is 4. The van der Waals surface area contributed by atoms with Crippen LogP contribution in [-0.2, 0) is 24.9 Å². The molecule has 0 radical (unpaired) electrons. The zero-order chi connectivity index (χ0) is 17.2. The standard InChI is InChI=1S/C19H21FN4O/c1-23-17-5-3-2-4-16(17)22-19(23)13-25-18-12-24(11-15(18)20)10-14-6-8-21-9-7-14/h2-9,15,18H,10-13H2,1H3. The van der Waals surface area contributed by atoms with Crippen LogP contribution in [-0.4, -0.2) is 44.8 Å². The van der Waals surface area contributed by atoms with Gasteiger partial charge in [0, 0.05) is 39.1 Å². The number of aromatic nitrogens is 3. The van der Waals surface area contributed by atoms with Crippen molar-refractivity contribution in [3.05, 3.63) is 60.2 Å². The summed E-state index contributed by atoms with van der Waals surface area (Å²) in [5.74, 6) is 0.820. The maximum Gasteiger partial charge on any atom is 0.140 e. The minimum absolute atomic E-state index is 0.319. The Hall–Kier alpha value is -2.31. The van der Waals surface area contributed by atoms with Gasteiger partial charge in [-0.2, -0.15) is 0 Å². The summed E-state index contributed by atoms with van der Waals surface area (Å²) in [6, 6.07) is 11.9. The first-order chi connectivity index (χ1) is 12.2. The van der Waals surface area contributed by atoms with E-state index in [4.69, 9.17) is 4.74 Å². The lowest BCUT2D eigenvalue weighted by Gasteiger charge is -2.15. The molecule has 0 aliphatic carbocycles. The van der Waals surface area contributed by atoms with Gasteiger partial charge in [0.1, 0.15) is 24.7 Å². The van der Waals surface area contributed by atoms with Gasteiger partial charge in [-0.25, -0.2) is 9.37 Å². The Morgan fingerprint density at radius 3 is 2.76 bits per heavy atom. The number of fused-ring (bicyclic) bond motifs is 1. The first-order valence-corrected chi connectivity index (χ1v) is 8.48. The number of imidazole rings is 1. The van der Waals surface area contributed by atoms with Crippen molar-refractivity contribution >= 4 is 11.0 Å². The predicted octanol–water partition coefficient (Wildman–Crippen LogP) is 2.71. The van der Waals surface area contributed by atoms with E-state index in [-0.39, 0.29) is 0 Å². The van der Waals surface area contributed by atoms with Crippen LogP contribution < -0.4 is 0 Å². The Balaban J connectivity index is 1.38. The SMILES string of the molecule is Cn1c(COC2CN(Cc3ccncc3)CC2F)nc2ccccc21. The molecule has 1 aliphatic heterocycles. The van der Waals surface area contributed by atoms with Crippen molar-refractivity contribution in [2.75, 3.05) is 13.1 Å². The zero-order valence-corrected chi connectivity index (χ0v) is 14.2. The van der Waals surface area contributed by atoms with E-state index in [1.165, 1.54) is 0 Å². The third-order valence-corrected chi connectivity index (χ3v) is 4.74. The number of rotatable bonds is 5. The second kappa shape index (κ2) is 6.90. The van der Waals surface area contributed by atoms with Gasteiger partial charge in [-0.3, -0.25) is 9.88 Å². The van der Waals surface area contributed by atoms with Gasteiger partial charge in [-0.15, -0.1) is 0 Å². The molecule has 0 saturated carbocycles. The predicted molar refractivity (Wildman–Crippen MR) is 93.7 cm³/mol. The van der Waals surface area contributed by atoms with E-state index < -0.39 is 12.3 Å². The summed E-state index contributed by atoms with van der Waals surface area (Å²) in [7, 11) is 1.96. The summed E-state index contributed by atoms with van der Waals surface area (Å²) in [5, 5.41) is 0. The highest BCUT2D eigenvalue weighted by Gasteiger charge is 2.33. The maximum atomic E-state index is 14.3. The molecule has 5 nitrogen and oxygen atoms in total. The molecule has 0 N–H and O–H groups in total. The maximum absolute atomic E-state index is 14.3. The van der Waals surface area contributed by atoms with Gasteiger partial charge in [0.05, 0.1) is 11.0 Å². The molecule has 6 heteroatoms.